The van der Waals surface area contributed by atoms with Crippen LogP contribution in [-0.2, 0) is 6.54 Å². The van der Waals surface area contributed by atoms with Gasteiger partial charge in [-0.15, -0.1) is 0 Å². The highest BCUT2D eigenvalue weighted by atomic mass is 35.5. The van der Waals surface area contributed by atoms with Crippen LogP contribution in [0.4, 0.5) is 14.6 Å². The van der Waals surface area contributed by atoms with E-state index in [1.807, 2.05) is 0 Å². The summed E-state index contributed by atoms with van der Waals surface area (Å²) in [7, 11) is 0. The molecule has 0 bridgehead atoms. The number of pyridine rings is 1. The number of aromatic nitrogens is 1. The van der Waals surface area contributed by atoms with E-state index in [0.29, 0.717) is 0 Å². The first-order valence-corrected chi connectivity index (χ1v) is 4.17. The molecule has 82 valence electrons. The Kier molecular flexibility index (Phi) is 3.48. The van der Waals surface area contributed by atoms with Crippen LogP contribution in [0.3, 0.4) is 0 Å². The zero-order valence-corrected chi connectivity index (χ0v) is 8.04. The van der Waals surface area contributed by atoms with E-state index < -0.39 is 27.9 Å². The predicted octanol–water partition coefficient (Wildman–Crippen LogP) is 2.04. The van der Waals surface area contributed by atoms with E-state index in [0.717, 1.165) is 6.07 Å². The number of nitrogens with zero attached hydrogens (tertiary/aromatic N) is 2. The van der Waals surface area contributed by atoms with E-state index in [2.05, 4.69) is 4.98 Å². The van der Waals surface area contributed by atoms with Gasteiger partial charge in [-0.05, 0) is 27.6 Å². The Bertz CT molecular complexity index is 400. The first-order chi connectivity index (χ1) is 6.97. The molecule has 15 heavy (non-hydrogen) atoms. The average Bonchev–Trinajstić information content (AvgIpc) is 2.16. The maximum atomic E-state index is 12.3. The number of rotatable bonds is 3. The van der Waals surface area contributed by atoms with Crippen LogP contribution in [-0.4, -0.2) is 9.91 Å². The van der Waals surface area contributed by atoms with E-state index in [1.165, 1.54) is 0 Å². The highest BCUT2D eigenvalue weighted by Crippen LogP contribution is 2.29. The normalized spacial score (nSPS) is 10.7. The van der Waals surface area contributed by atoms with Crippen LogP contribution in [0, 0.1) is 10.1 Å². The minimum absolute atomic E-state index is 0.0697. The summed E-state index contributed by atoms with van der Waals surface area (Å²) in [6.07, 6.45) is -2.84. The summed E-state index contributed by atoms with van der Waals surface area (Å²) in [5.74, 6) is -0.591. The monoisotopic (exact) mass is 237 g/mol. The Morgan fingerprint density at radius 1 is 1.67 bits per heavy atom. The van der Waals surface area contributed by atoms with Crippen LogP contribution < -0.4 is 5.73 Å². The lowest BCUT2D eigenvalue weighted by Gasteiger charge is -2.03. The molecule has 0 fully saturated rings. The fourth-order valence-electron chi connectivity index (χ4n) is 1.00. The molecule has 0 spiro atoms. The maximum absolute atomic E-state index is 12.3. The summed E-state index contributed by atoms with van der Waals surface area (Å²) in [4.78, 5) is 12.9. The lowest BCUT2D eigenvalue weighted by Crippen LogP contribution is -2.06. The molecule has 1 rings (SSSR count). The minimum atomic E-state index is -2.84. The van der Waals surface area contributed by atoms with E-state index in [-0.39, 0.29) is 12.1 Å². The summed E-state index contributed by atoms with van der Waals surface area (Å²) in [6.45, 7) is -0.250. The van der Waals surface area contributed by atoms with Crippen LogP contribution in [0.5, 0.6) is 0 Å². The van der Waals surface area contributed by atoms with Crippen molar-refractivity contribution < 1.29 is 13.7 Å². The SMILES string of the molecule is NCc1cc(C(F)F)c(Cl)nc1[N+](=O)[O-]. The Morgan fingerprint density at radius 2 is 2.27 bits per heavy atom. The van der Waals surface area contributed by atoms with E-state index in [9.17, 15) is 18.9 Å². The Labute approximate surface area is 88.0 Å². The molecule has 1 aromatic rings. The van der Waals surface area contributed by atoms with Crippen molar-refractivity contribution in [1.82, 2.24) is 4.98 Å². The summed E-state index contributed by atoms with van der Waals surface area (Å²) in [6, 6.07) is 0.901. The molecular formula is C7H6ClF2N3O2. The van der Waals surface area contributed by atoms with Gasteiger partial charge in [-0.25, -0.2) is 8.78 Å². The van der Waals surface area contributed by atoms with Gasteiger partial charge in [0.2, 0.25) is 0 Å². The molecule has 0 saturated carbocycles. The van der Waals surface area contributed by atoms with Gasteiger partial charge < -0.3 is 15.8 Å². The van der Waals surface area contributed by atoms with Crippen LogP contribution in [0.25, 0.3) is 0 Å². The average molecular weight is 238 g/mol. The highest BCUT2D eigenvalue weighted by molar-refractivity contribution is 6.30. The minimum Gasteiger partial charge on any atom is -0.358 e. The van der Waals surface area contributed by atoms with Crippen molar-refractivity contribution in [2.24, 2.45) is 5.73 Å². The third-order valence-corrected chi connectivity index (χ3v) is 1.99. The summed E-state index contributed by atoms with van der Waals surface area (Å²) in [5, 5.41) is 9.88. The fourth-order valence-corrected chi connectivity index (χ4v) is 1.22. The maximum Gasteiger partial charge on any atom is 0.369 e. The Hall–Kier alpha value is -1.34. The van der Waals surface area contributed by atoms with E-state index in [1.54, 1.807) is 0 Å². The first kappa shape index (κ1) is 11.7. The van der Waals surface area contributed by atoms with Crippen molar-refractivity contribution in [2.45, 2.75) is 13.0 Å². The van der Waals surface area contributed by atoms with Gasteiger partial charge in [0.1, 0.15) is 0 Å². The standard InChI is InChI=1S/C7H6ClF2N3O2/c8-5-4(6(9)10)1-3(2-11)7(12-5)13(14)15/h1,6H,2,11H2. The van der Waals surface area contributed by atoms with Gasteiger partial charge in [-0.2, -0.15) is 0 Å². The molecule has 8 heteroatoms. The summed E-state index contributed by atoms with van der Waals surface area (Å²) in [5.41, 5.74) is 4.55. The number of nitro groups is 1. The second-order valence-corrected chi connectivity index (χ2v) is 2.97. The molecule has 0 atom stereocenters. The largest absolute Gasteiger partial charge is 0.369 e. The number of hydrogen-bond donors (Lipinski definition) is 1. The van der Waals surface area contributed by atoms with Crippen LogP contribution >= 0.6 is 11.6 Å². The van der Waals surface area contributed by atoms with E-state index in [4.69, 9.17) is 17.3 Å². The smallest absolute Gasteiger partial charge is 0.358 e. The second-order valence-electron chi connectivity index (χ2n) is 2.61. The second kappa shape index (κ2) is 4.45. The lowest BCUT2D eigenvalue weighted by molar-refractivity contribution is -0.390. The molecule has 5 nitrogen and oxygen atoms in total. The summed E-state index contributed by atoms with van der Waals surface area (Å²) >= 11 is 5.36. The molecule has 0 unspecified atom stereocenters. The van der Waals surface area contributed by atoms with Crippen LogP contribution in [0.2, 0.25) is 5.15 Å². The van der Waals surface area contributed by atoms with Gasteiger partial charge in [-0.3, -0.25) is 0 Å². The third kappa shape index (κ3) is 2.37. The van der Waals surface area contributed by atoms with Crippen molar-refractivity contribution in [2.75, 3.05) is 0 Å². The molecule has 1 aromatic heterocycles. The van der Waals surface area contributed by atoms with Crippen LogP contribution in [0.1, 0.15) is 17.6 Å². The van der Waals surface area contributed by atoms with Crippen molar-refractivity contribution in [3.8, 4) is 0 Å². The zero-order valence-electron chi connectivity index (χ0n) is 7.28. The molecular weight excluding hydrogens is 232 g/mol. The predicted molar refractivity (Wildman–Crippen MR) is 48.7 cm³/mol. The Balaban J connectivity index is 3.35. The molecule has 0 amide bonds. The van der Waals surface area contributed by atoms with Crippen LogP contribution in [0.15, 0.2) is 6.07 Å². The number of hydrogen-bond acceptors (Lipinski definition) is 4. The molecule has 2 N–H and O–H groups in total. The number of alkyl halides is 2. The number of nitrogens with two attached hydrogens (primary N) is 1. The highest BCUT2D eigenvalue weighted by Gasteiger charge is 2.24. The van der Waals surface area contributed by atoms with Gasteiger partial charge in [0.15, 0.2) is 0 Å². The molecule has 0 aliphatic rings. The van der Waals surface area contributed by atoms with Crippen molar-refractivity contribution >= 4 is 17.4 Å². The van der Waals surface area contributed by atoms with Gasteiger partial charge in [-0.1, -0.05) is 0 Å². The first-order valence-electron chi connectivity index (χ1n) is 3.79. The van der Waals surface area contributed by atoms with Crippen molar-refractivity contribution in [3.63, 3.8) is 0 Å². The lowest BCUT2D eigenvalue weighted by atomic mass is 10.2. The fraction of sp³-hybridized carbons (Fsp3) is 0.286. The Morgan fingerprint density at radius 3 is 2.67 bits per heavy atom. The molecule has 0 aliphatic carbocycles. The van der Waals surface area contributed by atoms with Gasteiger partial charge in [0.05, 0.1) is 11.1 Å². The third-order valence-electron chi connectivity index (χ3n) is 1.69. The molecule has 1 heterocycles. The van der Waals surface area contributed by atoms with Crippen molar-refractivity contribution in [3.05, 3.63) is 32.5 Å². The number of halogens is 3. The molecule has 0 aliphatic heterocycles. The topological polar surface area (TPSA) is 82.0 Å². The zero-order chi connectivity index (χ0) is 11.6. The molecule has 0 saturated heterocycles. The van der Waals surface area contributed by atoms with Gasteiger partial charge >= 0.3 is 5.82 Å². The van der Waals surface area contributed by atoms with Crippen molar-refractivity contribution in [1.29, 1.82) is 0 Å². The van der Waals surface area contributed by atoms with Gasteiger partial charge in [0.25, 0.3) is 11.6 Å². The van der Waals surface area contributed by atoms with Gasteiger partial charge in [0, 0.05) is 6.54 Å². The molecule has 0 radical (unpaired) electrons. The molecule has 0 aromatic carbocycles. The summed E-state index contributed by atoms with van der Waals surface area (Å²) < 4.78 is 24.7. The quantitative estimate of drug-likeness (QED) is 0.495. The van der Waals surface area contributed by atoms with E-state index >= 15 is 0 Å².